The van der Waals surface area contributed by atoms with Crippen molar-refractivity contribution in [1.82, 2.24) is 10.8 Å². The number of carbonyl (C=O) groups excluding carboxylic acids is 1. The maximum atomic E-state index is 11.0. The van der Waals surface area contributed by atoms with Gasteiger partial charge in [-0.25, -0.2) is 10.3 Å². The fourth-order valence-electron chi connectivity index (χ4n) is 3.03. The molecule has 1 aliphatic rings. The summed E-state index contributed by atoms with van der Waals surface area (Å²) in [6, 6.07) is -0.345. The number of aliphatic imine (C=N–C) groups is 1. The van der Waals surface area contributed by atoms with Gasteiger partial charge in [-0.05, 0) is 25.7 Å². The van der Waals surface area contributed by atoms with Crippen LogP contribution in [0, 0.1) is 0 Å². The lowest BCUT2D eigenvalue weighted by molar-refractivity contribution is 0.0786. The van der Waals surface area contributed by atoms with Gasteiger partial charge < -0.3 is 0 Å². The maximum Gasteiger partial charge on any atom is 0.344 e. The van der Waals surface area contributed by atoms with Crippen LogP contribution in [0.25, 0.3) is 0 Å². The van der Waals surface area contributed by atoms with Crippen molar-refractivity contribution in [2.45, 2.75) is 96.8 Å². The van der Waals surface area contributed by atoms with E-state index in [0.29, 0.717) is 12.4 Å². The first-order chi connectivity index (χ1) is 12.8. The van der Waals surface area contributed by atoms with Gasteiger partial charge in [-0.1, -0.05) is 83.3 Å². The fraction of sp³-hybridized carbons (Fsp3) is 0.810. The van der Waals surface area contributed by atoms with Crippen LogP contribution in [0.5, 0.6) is 0 Å². The number of amidine groups is 1. The van der Waals surface area contributed by atoms with Gasteiger partial charge in [-0.2, -0.15) is 0 Å². The number of rotatable bonds is 16. The summed E-state index contributed by atoms with van der Waals surface area (Å²) in [7, 11) is 0. The Hall–Kier alpha value is -1.36. The van der Waals surface area contributed by atoms with E-state index in [9.17, 15) is 4.79 Å². The minimum absolute atomic E-state index is 0.320. The molecule has 1 heterocycles. The average molecular weight is 366 g/mol. The van der Waals surface area contributed by atoms with E-state index in [1.807, 2.05) is 0 Å². The molecular weight excluding hydrogens is 326 g/mol. The molecule has 0 aromatic rings. The molecule has 1 saturated heterocycles. The van der Waals surface area contributed by atoms with Crippen LogP contribution in [-0.2, 0) is 4.84 Å². The molecule has 2 N–H and O–H groups in total. The number of unbranched alkanes of at least 4 members (excludes halogenated alkanes) is 12. The van der Waals surface area contributed by atoms with Crippen molar-refractivity contribution in [2.24, 2.45) is 4.99 Å². The molecule has 0 aromatic carbocycles. The molecule has 0 atom stereocenters. The van der Waals surface area contributed by atoms with Gasteiger partial charge in [0.25, 0.3) is 0 Å². The normalized spacial score (nSPS) is 16.2. The summed E-state index contributed by atoms with van der Waals surface area (Å²) in [5.41, 5.74) is 2.23. The Morgan fingerprint density at radius 3 is 2.08 bits per heavy atom. The van der Waals surface area contributed by atoms with Gasteiger partial charge in [0.1, 0.15) is 12.4 Å². The average Bonchev–Trinajstić information content (AvgIpc) is 2.64. The van der Waals surface area contributed by atoms with Crippen LogP contribution in [-0.4, -0.2) is 25.0 Å². The first-order valence-electron chi connectivity index (χ1n) is 10.7. The smallest absolute Gasteiger partial charge is 0.292 e. The van der Waals surface area contributed by atoms with Crippen molar-refractivity contribution in [3.63, 3.8) is 0 Å². The highest BCUT2D eigenvalue weighted by Gasteiger charge is 2.11. The van der Waals surface area contributed by atoms with Crippen LogP contribution in [0.3, 0.4) is 0 Å². The number of urea groups is 1. The highest BCUT2D eigenvalue weighted by atomic mass is 16.7. The van der Waals surface area contributed by atoms with Crippen molar-refractivity contribution < 1.29 is 9.63 Å². The van der Waals surface area contributed by atoms with Gasteiger partial charge in [-0.15, -0.1) is 0 Å². The quantitative estimate of drug-likeness (QED) is 0.273. The van der Waals surface area contributed by atoms with Crippen LogP contribution in [0.1, 0.15) is 96.8 Å². The monoisotopic (exact) mass is 365 g/mol. The van der Waals surface area contributed by atoms with Crippen molar-refractivity contribution >= 4 is 11.9 Å². The summed E-state index contributed by atoms with van der Waals surface area (Å²) >= 11 is 0. The number of nitrogens with zero attached hydrogens (tertiary/aromatic N) is 1. The van der Waals surface area contributed by atoms with E-state index in [1.54, 1.807) is 0 Å². The van der Waals surface area contributed by atoms with Crippen molar-refractivity contribution in [1.29, 1.82) is 0 Å². The zero-order chi connectivity index (χ0) is 18.7. The third kappa shape index (κ3) is 13.9. The van der Waals surface area contributed by atoms with Gasteiger partial charge in [0.2, 0.25) is 0 Å². The van der Waals surface area contributed by atoms with E-state index >= 15 is 0 Å². The molecule has 2 amide bonds. The van der Waals surface area contributed by atoms with Gasteiger partial charge >= 0.3 is 6.03 Å². The molecule has 0 aliphatic carbocycles. The van der Waals surface area contributed by atoms with E-state index in [4.69, 9.17) is 4.84 Å². The molecule has 0 spiro atoms. The second kappa shape index (κ2) is 17.1. The molecule has 150 valence electrons. The Bertz CT molecular complexity index is 408. The molecule has 26 heavy (non-hydrogen) atoms. The third-order valence-corrected chi connectivity index (χ3v) is 4.60. The summed E-state index contributed by atoms with van der Waals surface area (Å²) in [4.78, 5) is 20.2. The summed E-state index contributed by atoms with van der Waals surface area (Å²) in [6.07, 6.45) is 23.2. The second-order valence-electron chi connectivity index (χ2n) is 7.11. The molecule has 1 rings (SSSR count). The number of hydrogen-bond donors (Lipinski definition) is 2. The molecule has 0 bridgehead atoms. The molecule has 1 aliphatic heterocycles. The molecule has 1 fully saturated rings. The fourth-order valence-corrected chi connectivity index (χ4v) is 3.03. The Kier molecular flexibility index (Phi) is 14.9. The SMILES string of the molecule is CCCCCCCCCCCCCC=CCCCN=C1CONC(=O)N1. The number of nitrogens with one attached hydrogen (secondary N) is 2. The predicted molar refractivity (Wildman–Crippen MR) is 109 cm³/mol. The minimum atomic E-state index is -0.345. The topological polar surface area (TPSA) is 62.7 Å². The Morgan fingerprint density at radius 1 is 0.885 bits per heavy atom. The van der Waals surface area contributed by atoms with Crippen molar-refractivity contribution in [3.05, 3.63) is 12.2 Å². The number of allylic oxidation sites excluding steroid dienone is 2. The van der Waals surface area contributed by atoms with Crippen LogP contribution in [0.4, 0.5) is 4.79 Å². The summed E-state index contributed by atoms with van der Waals surface area (Å²) in [6.45, 7) is 3.32. The molecular formula is C21H39N3O2. The van der Waals surface area contributed by atoms with Crippen LogP contribution in [0.2, 0.25) is 0 Å². The number of hydrogen-bond acceptors (Lipinski definition) is 3. The Balaban J connectivity index is 1.79. The first kappa shape index (κ1) is 22.7. The second-order valence-corrected chi connectivity index (χ2v) is 7.11. The lowest BCUT2D eigenvalue weighted by Crippen LogP contribution is -2.48. The lowest BCUT2D eigenvalue weighted by Gasteiger charge is -2.15. The molecule has 0 radical (unpaired) electrons. The first-order valence-corrected chi connectivity index (χ1v) is 10.7. The Morgan fingerprint density at radius 2 is 1.46 bits per heavy atom. The van der Waals surface area contributed by atoms with E-state index in [1.165, 1.54) is 77.0 Å². The zero-order valence-corrected chi connectivity index (χ0v) is 16.7. The van der Waals surface area contributed by atoms with E-state index in [0.717, 1.165) is 19.4 Å². The van der Waals surface area contributed by atoms with E-state index < -0.39 is 0 Å². The van der Waals surface area contributed by atoms with Gasteiger partial charge in [0.05, 0.1) is 0 Å². The predicted octanol–water partition coefficient (Wildman–Crippen LogP) is 5.67. The van der Waals surface area contributed by atoms with Crippen molar-refractivity contribution in [3.8, 4) is 0 Å². The molecule has 5 nitrogen and oxygen atoms in total. The zero-order valence-electron chi connectivity index (χ0n) is 16.7. The summed E-state index contributed by atoms with van der Waals surface area (Å²) in [5, 5.41) is 2.63. The third-order valence-electron chi connectivity index (χ3n) is 4.60. The number of amides is 2. The summed E-state index contributed by atoms with van der Waals surface area (Å²) < 4.78 is 0. The van der Waals surface area contributed by atoms with Crippen LogP contribution < -0.4 is 10.8 Å². The van der Waals surface area contributed by atoms with Crippen LogP contribution in [0.15, 0.2) is 17.1 Å². The highest BCUT2D eigenvalue weighted by Crippen LogP contribution is 2.12. The maximum absolute atomic E-state index is 11.0. The molecule has 0 unspecified atom stereocenters. The number of hydroxylamine groups is 1. The highest BCUT2D eigenvalue weighted by molar-refractivity contribution is 5.99. The molecule has 0 saturated carbocycles. The largest absolute Gasteiger partial charge is 0.344 e. The Labute approximate surface area is 160 Å². The minimum Gasteiger partial charge on any atom is -0.292 e. The van der Waals surface area contributed by atoms with Crippen molar-refractivity contribution in [2.75, 3.05) is 13.2 Å². The van der Waals surface area contributed by atoms with E-state index in [2.05, 4.69) is 34.9 Å². The van der Waals surface area contributed by atoms with Gasteiger partial charge in [0.15, 0.2) is 0 Å². The molecule has 5 heteroatoms. The number of carbonyl (C=O) groups is 1. The standard InChI is InChI=1S/C21H39N3O2/c1-2-3-4-5-6-7-8-9-10-11-12-13-14-15-16-17-18-22-20-19-26-24-21(25)23-20/h14-15H,2-13,16-19H2,1H3,(H2,22,23,24,25). The summed E-state index contributed by atoms with van der Waals surface area (Å²) in [5.74, 6) is 0.610. The van der Waals surface area contributed by atoms with Crippen LogP contribution >= 0.6 is 0 Å². The van der Waals surface area contributed by atoms with E-state index in [-0.39, 0.29) is 6.03 Å². The van der Waals surface area contributed by atoms with Gasteiger partial charge in [0, 0.05) is 6.54 Å². The lowest BCUT2D eigenvalue weighted by atomic mass is 10.1. The van der Waals surface area contributed by atoms with Gasteiger partial charge in [-0.3, -0.25) is 15.1 Å². The molecule has 0 aromatic heterocycles.